The van der Waals surface area contributed by atoms with Crippen LogP contribution in [0.1, 0.15) is 24.7 Å². The topological polar surface area (TPSA) is 59.9 Å². The Labute approximate surface area is 123 Å². The predicted molar refractivity (Wildman–Crippen MR) is 79.2 cm³/mol. The van der Waals surface area contributed by atoms with E-state index in [1.165, 1.54) is 0 Å². The van der Waals surface area contributed by atoms with E-state index in [-0.39, 0.29) is 0 Å². The minimum atomic E-state index is 0.448. The van der Waals surface area contributed by atoms with Gasteiger partial charge >= 0.3 is 0 Å². The highest BCUT2D eigenvalue weighted by atomic mass is 35.5. The van der Waals surface area contributed by atoms with Crippen molar-refractivity contribution in [1.29, 1.82) is 0 Å². The Balaban J connectivity index is 2.10. The third-order valence-electron chi connectivity index (χ3n) is 2.72. The number of methoxy groups -OCH3 is 1. The minimum absolute atomic E-state index is 0.448. The number of aryl methyl sites for hydroxylation is 1. The van der Waals surface area contributed by atoms with Gasteiger partial charge in [0.25, 0.3) is 0 Å². The van der Waals surface area contributed by atoms with E-state index >= 15 is 0 Å². The molecule has 0 saturated carbocycles. The second-order valence-corrected chi connectivity index (χ2v) is 4.65. The van der Waals surface area contributed by atoms with E-state index in [1.54, 1.807) is 19.4 Å². The lowest BCUT2D eigenvalue weighted by molar-refractivity contribution is 0.393. The normalized spacial score (nSPS) is 10.3. The van der Waals surface area contributed by atoms with E-state index in [1.807, 2.05) is 12.1 Å². The van der Waals surface area contributed by atoms with Gasteiger partial charge in [-0.1, -0.05) is 24.6 Å². The van der Waals surface area contributed by atoms with Crippen molar-refractivity contribution in [2.75, 3.05) is 12.4 Å². The van der Waals surface area contributed by atoms with Gasteiger partial charge in [0.15, 0.2) is 0 Å². The molecule has 0 aliphatic carbocycles. The molecule has 0 atom stereocenters. The lowest BCUT2D eigenvalue weighted by Crippen LogP contribution is -2.06. The number of ether oxygens (including phenoxy) is 1. The van der Waals surface area contributed by atoms with Gasteiger partial charge in [0.2, 0.25) is 5.88 Å². The number of nitrogens with zero attached hydrogens (tertiary/aromatic N) is 3. The molecule has 20 heavy (non-hydrogen) atoms. The molecule has 0 aliphatic rings. The SMILES string of the molecule is CCCc1nc(Cl)cc(NCc2cccnc2OC)n1. The quantitative estimate of drug-likeness (QED) is 0.829. The van der Waals surface area contributed by atoms with Crippen molar-refractivity contribution in [2.24, 2.45) is 0 Å². The van der Waals surface area contributed by atoms with Gasteiger partial charge in [-0.3, -0.25) is 0 Å². The van der Waals surface area contributed by atoms with Crippen LogP contribution in [0.5, 0.6) is 5.88 Å². The fourth-order valence-corrected chi connectivity index (χ4v) is 2.02. The Hall–Kier alpha value is -1.88. The second kappa shape index (κ2) is 7.05. The summed E-state index contributed by atoms with van der Waals surface area (Å²) < 4.78 is 5.21. The molecule has 0 saturated heterocycles. The first kappa shape index (κ1) is 14.5. The van der Waals surface area contributed by atoms with Crippen LogP contribution in [0.15, 0.2) is 24.4 Å². The number of hydrogen-bond donors (Lipinski definition) is 1. The average molecular weight is 293 g/mol. The summed E-state index contributed by atoms with van der Waals surface area (Å²) in [6.07, 6.45) is 3.49. The fraction of sp³-hybridized carbons (Fsp3) is 0.357. The van der Waals surface area contributed by atoms with Crippen LogP contribution in [-0.4, -0.2) is 22.1 Å². The molecule has 0 radical (unpaired) electrons. The first-order valence-electron chi connectivity index (χ1n) is 6.48. The Bertz CT molecular complexity index is 577. The molecule has 0 bridgehead atoms. The Morgan fingerprint density at radius 2 is 2.20 bits per heavy atom. The highest BCUT2D eigenvalue weighted by Crippen LogP contribution is 2.17. The zero-order chi connectivity index (χ0) is 14.4. The largest absolute Gasteiger partial charge is 0.481 e. The van der Waals surface area contributed by atoms with E-state index in [0.717, 1.165) is 24.2 Å². The van der Waals surface area contributed by atoms with Crippen molar-refractivity contribution in [1.82, 2.24) is 15.0 Å². The first-order valence-corrected chi connectivity index (χ1v) is 6.86. The molecule has 2 aromatic heterocycles. The molecule has 1 N–H and O–H groups in total. The van der Waals surface area contributed by atoms with Crippen molar-refractivity contribution in [3.8, 4) is 5.88 Å². The third kappa shape index (κ3) is 3.81. The van der Waals surface area contributed by atoms with Crippen LogP contribution in [0.3, 0.4) is 0 Å². The Morgan fingerprint density at radius 1 is 1.35 bits per heavy atom. The van der Waals surface area contributed by atoms with Crippen molar-refractivity contribution < 1.29 is 4.74 Å². The number of halogens is 1. The predicted octanol–water partition coefficient (Wildman–Crippen LogP) is 3.10. The summed E-state index contributed by atoms with van der Waals surface area (Å²) in [4.78, 5) is 12.8. The summed E-state index contributed by atoms with van der Waals surface area (Å²) >= 11 is 6.00. The lowest BCUT2D eigenvalue weighted by atomic mass is 10.2. The van der Waals surface area contributed by atoms with E-state index in [2.05, 4.69) is 27.2 Å². The Kier molecular flexibility index (Phi) is 5.12. The summed E-state index contributed by atoms with van der Waals surface area (Å²) in [5, 5.41) is 3.67. The summed E-state index contributed by atoms with van der Waals surface area (Å²) in [5.41, 5.74) is 0.960. The first-order chi connectivity index (χ1) is 9.72. The maximum Gasteiger partial charge on any atom is 0.218 e. The molecule has 6 heteroatoms. The fourth-order valence-electron chi connectivity index (χ4n) is 1.82. The maximum absolute atomic E-state index is 6.00. The van der Waals surface area contributed by atoms with Gasteiger partial charge in [0.05, 0.1) is 7.11 Å². The number of anilines is 1. The van der Waals surface area contributed by atoms with Crippen LogP contribution in [0, 0.1) is 0 Å². The van der Waals surface area contributed by atoms with Gasteiger partial charge < -0.3 is 10.1 Å². The molecule has 2 rings (SSSR count). The summed E-state index contributed by atoms with van der Waals surface area (Å²) in [7, 11) is 1.60. The minimum Gasteiger partial charge on any atom is -0.481 e. The standard InChI is InChI=1S/C14H17ClN4O/c1-3-5-12-18-11(15)8-13(19-12)17-9-10-6-4-7-16-14(10)20-2/h4,6-8H,3,5,9H2,1-2H3,(H,17,18,19). The molecule has 0 spiro atoms. The molecular weight excluding hydrogens is 276 g/mol. The number of nitrogens with one attached hydrogen (secondary N) is 1. The van der Waals surface area contributed by atoms with Gasteiger partial charge in [-0.25, -0.2) is 15.0 Å². The molecule has 106 valence electrons. The van der Waals surface area contributed by atoms with Gasteiger partial charge in [-0.15, -0.1) is 0 Å². The zero-order valence-corrected chi connectivity index (χ0v) is 12.3. The highest BCUT2D eigenvalue weighted by molar-refractivity contribution is 6.29. The van der Waals surface area contributed by atoms with E-state index in [0.29, 0.717) is 23.4 Å². The van der Waals surface area contributed by atoms with E-state index in [9.17, 15) is 0 Å². The molecule has 0 fully saturated rings. The zero-order valence-electron chi connectivity index (χ0n) is 11.6. The monoisotopic (exact) mass is 292 g/mol. The summed E-state index contributed by atoms with van der Waals surface area (Å²) in [5.74, 6) is 2.06. The molecular formula is C14H17ClN4O. The molecule has 2 heterocycles. The molecule has 5 nitrogen and oxygen atoms in total. The van der Waals surface area contributed by atoms with Gasteiger partial charge in [0.1, 0.15) is 16.8 Å². The van der Waals surface area contributed by atoms with Crippen LogP contribution in [0.4, 0.5) is 5.82 Å². The van der Waals surface area contributed by atoms with Crippen molar-refractivity contribution >= 4 is 17.4 Å². The molecule has 2 aromatic rings. The van der Waals surface area contributed by atoms with Gasteiger partial charge in [-0.2, -0.15) is 0 Å². The third-order valence-corrected chi connectivity index (χ3v) is 2.91. The van der Waals surface area contributed by atoms with Crippen molar-refractivity contribution in [2.45, 2.75) is 26.3 Å². The van der Waals surface area contributed by atoms with Crippen molar-refractivity contribution in [3.05, 3.63) is 40.9 Å². The van der Waals surface area contributed by atoms with E-state index in [4.69, 9.17) is 16.3 Å². The van der Waals surface area contributed by atoms with Gasteiger partial charge in [-0.05, 0) is 12.5 Å². The molecule has 0 amide bonds. The van der Waals surface area contributed by atoms with Gasteiger partial charge in [0, 0.05) is 30.8 Å². The smallest absolute Gasteiger partial charge is 0.218 e. The Morgan fingerprint density at radius 3 is 2.95 bits per heavy atom. The average Bonchev–Trinajstić information content (AvgIpc) is 2.45. The number of pyridine rings is 1. The number of aromatic nitrogens is 3. The summed E-state index contributed by atoms with van der Waals surface area (Å²) in [6, 6.07) is 5.53. The van der Waals surface area contributed by atoms with Crippen LogP contribution < -0.4 is 10.1 Å². The molecule has 0 aliphatic heterocycles. The van der Waals surface area contributed by atoms with Crippen molar-refractivity contribution in [3.63, 3.8) is 0 Å². The maximum atomic E-state index is 6.00. The van der Waals surface area contributed by atoms with Crippen LogP contribution in [0.2, 0.25) is 5.15 Å². The lowest BCUT2D eigenvalue weighted by Gasteiger charge is -2.10. The van der Waals surface area contributed by atoms with Crippen LogP contribution in [-0.2, 0) is 13.0 Å². The molecule has 0 unspecified atom stereocenters. The van der Waals surface area contributed by atoms with Crippen LogP contribution in [0.25, 0.3) is 0 Å². The highest BCUT2D eigenvalue weighted by Gasteiger charge is 2.06. The second-order valence-electron chi connectivity index (χ2n) is 4.27. The van der Waals surface area contributed by atoms with E-state index < -0.39 is 0 Å². The number of hydrogen-bond acceptors (Lipinski definition) is 5. The number of rotatable bonds is 6. The summed E-state index contributed by atoms with van der Waals surface area (Å²) in [6.45, 7) is 2.65. The molecule has 0 aromatic carbocycles. The van der Waals surface area contributed by atoms with Crippen LogP contribution >= 0.6 is 11.6 Å².